The monoisotopic (exact) mass is 227 g/mol. The van der Waals surface area contributed by atoms with Crippen LogP contribution in [-0.4, -0.2) is 50.1 Å². The van der Waals surface area contributed by atoms with Gasteiger partial charge in [0.2, 0.25) is 5.91 Å². The van der Waals surface area contributed by atoms with Gasteiger partial charge in [-0.05, 0) is 25.3 Å². The molecule has 0 aliphatic carbocycles. The number of piperidine rings is 1. The first-order chi connectivity index (χ1) is 7.67. The molecule has 1 saturated heterocycles. The van der Waals surface area contributed by atoms with Crippen molar-refractivity contribution in [2.24, 2.45) is 5.92 Å². The number of carbonyl (C=O) groups excluding carboxylic acids is 1. The van der Waals surface area contributed by atoms with Gasteiger partial charge >= 0.3 is 0 Å². The molecule has 0 spiro atoms. The van der Waals surface area contributed by atoms with Gasteiger partial charge < -0.3 is 10.6 Å². The Kier molecular flexibility index (Phi) is 5.77. The minimum Gasteiger partial charge on any atom is -0.358 e. The van der Waals surface area contributed by atoms with Gasteiger partial charge in [0, 0.05) is 26.2 Å². The normalized spacial score (nSPS) is 26.7. The van der Waals surface area contributed by atoms with Gasteiger partial charge in [0.25, 0.3) is 0 Å². The molecule has 16 heavy (non-hydrogen) atoms. The first-order valence-corrected chi connectivity index (χ1v) is 6.33. The van der Waals surface area contributed by atoms with Gasteiger partial charge in [-0.25, -0.2) is 0 Å². The van der Waals surface area contributed by atoms with Crippen LogP contribution in [0.5, 0.6) is 0 Å². The summed E-state index contributed by atoms with van der Waals surface area (Å²) in [6, 6.07) is 0.626. The number of hydrogen-bond acceptors (Lipinski definition) is 3. The summed E-state index contributed by atoms with van der Waals surface area (Å²) in [6.07, 6.45) is 2.34. The van der Waals surface area contributed by atoms with E-state index in [4.69, 9.17) is 0 Å². The number of carbonyl (C=O) groups is 1. The summed E-state index contributed by atoms with van der Waals surface area (Å²) in [5.41, 5.74) is 0. The molecule has 0 bridgehead atoms. The molecular weight excluding hydrogens is 202 g/mol. The van der Waals surface area contributed by atoms with Crippen molar-refractivity contribution in [2.75, 3.05) is 33.2 Å². The molecule has 0 radical (unpaired) electrons. The Hall–Kier alpha value is -0.610. The van der Waals surface area contributed by atoms with Crippen molar-refractivity contribution < 1.29 is 4.79 Å². The Bertz CT molecular complexity index is 220. The largest absolute Gasteiger partial charge is 0.358 e. The van der Waals surface area contributed by atoms with Gasteiger partial charge in [-0.3, -0.25) is 9.69 Å². The summed E-state index contributed by atoms with van der Waals surface area (Å²) in [6.45, 7) is 8.15. The Balaban J connectivity index is 2.30. The summed E-state index contributed by atoms with van der Waals surface area (Å²) in [5.74, 6) is 0.747. The van der Waals surface area contributed by atoms with E-state index in [1.54, 1.807) is 7.05 Å². The molecular formula is C12H25N3O. The van der Waals surface area contributed by atoms with Gasteiger partial charge in [0.1, 0.15) is 0 Å². The van der Waals surface area contributed by atoms with Crippen molar-refractivity contribution in [3.63, 3.8) is 0 Å². The predicted octanol–water partition coefficient (Wildman–Crippen LogP) is 0.442. The highest BCUT2D eigenvalue weighted by molar-refractivity contribution is 5.77. The van der Waals surface area contributed by atoms with E-state index in [9.17, 15) is 4.79 Å². The molecule has 4 nitrogen and oxygen atoms in total. The number of nitrogens with zero attached hydrogens (tertiary/aromatic N) is 1. The van der Waals surface area contributed by atoms with Crippen molar-refractivity contribution in [3.05, 3.63) is 0 Å². The maximum atomic E-state index is 11.3. The molecule has 1 aliphatic rings. The zero-order valence-electron chi connectivity index (χ0n) is 10.8. The summed E-state index contributed by atoms with van der Waals surface area (Å²) >= 11 is 0. The Morgan fingerprint density at radius 2 is 2.25 bits per heavy atom. The molecule has 2 unspecified atom stereocenters. The van der Waals surface area contributed by atoms with E-state index in [1.165, 1.54) is 6.42 Å². The number of hydrogen-bond donors (Lipinski definition) is 2. The molecule has 1 rings (SSSR count). The molecule has 4 heteroatoms. The van der Waals surface area contributed by atoms with Gasteiger partial charge in [0.05, 0.1) is 6.54 Å². The van der Waals surface area contributed by atoms with Gasteiger partial charge in [0.15, 0.2) is 0 Å². The third-order valence-electron chi connectivity index (χ3n) is 3.29. The molecule has 1 fully saturated rings. The van der Waals surface area contributed by atoms with Crippen LogP contribution in [0.4, 0.5) is 0 Å². The predicted molar refractivity (Wildman–Crippen MR) is 66.4 cm³/mol. The summed E-state index contributed by atoms with van der Waals surface area (Å²) in [7, 11) is 1.70. The smallest absolute Gasteiger partial charge is 0.233 e. The van der Waals surface area contributed by atoms with Crippen molar-refractivity contribution in [3.8, 4) is 0 Å². The van der Waals surface area contributed by atoms with Crippen molar-refractivity contribution in [2.45, 2.75) is 32.7 Å². The average Bonchev–Trinajstić information content (AvgIpc) is 2.28. The minimum atomic E-state index is 0.118. The summed E-state index contributed by atoms with van der Waals surface area (Å²) in [4.78, 5) is 13.5. The van der Waals surface area contributed by atoms with Crippen LogP contribution in [0.1, 0.15) is 26.7 Å². The third kappa shape index (κ3) is 4.10. The molecule has 2 atom stereocenters. The molecule has 0 saturated carbocycles. The Morgan fingerprint density at radius 3 is 2.81 bits per heavy atom. The van der Waals surface area contributed by atoms with E-state index in [2.05, 4.69) is 29.4 Å². The fourth-order valence-corrected chi connectivity index (χ4v) is 2.29. The fourth-order valence-electron chi connectivity index (χ4n) is 2.29. The lowest BCUT2D eigenvalue weighted by Crippen LogP contribution is -2.50. The summed E-state index contributed by atoms with van der Waals surface area (Å²) in [5, 5.41) is 6.26. The minimum absolute atomic E-state index is 0.118. The maximum absolute atomic E-state index is 11.3. The Labute approximate surface area is 98.8 Å². The lowest BCUT2D eigenvalue weighted by molar-refractivity contribution is -0.122. The zero-order chi connectivity index (χ0) is 12.0. The van der Waals surface area contributed by atoms with Crippen molar-refractivity contribution in [1.82, 2.24) is 15.5 Å². The molecule has 0 aromatic rings. The van der Waals surface area contributed by atoms with Gasteiger partial charge in [-0.1, -0.05) is 13.8 Å². The number of likely N-dealkylation sites (tertiary alicyclic amines) is 1. The topological polar surface area (TPSA) is 44.4 Å². The van der Waals surface area contributed by atoms with Crippen LogP contribution in [-0.2, 0) is 4.79 Å². The third-order valence-corrected chi connectivity index (χ3v) is 3.29. The fraction of sp³-hybridized carbons (Fsp3) is 0.917. The number of nitrogens with one attached hydrogen (secondary N) is 2. The average molecular weight is 227 g/mol. The second-order valence-corrected chi connectivity index (χ2v) is 4.73. The number of amides is 1. The summed E-state index contributed by atoms with van der Waals surface area (Å²) < 4.78 is 0. The van der Waals surface area contributed by atoms with Crippen LogP contribution in [0.15, 0.2) is 0 Å². The Morgan fingerprint density at radius 1 is 1.50 bits per heavy atom. The standard InChI is InChI=1S/C12H25N3O/c1-4-6-14-11-5-7-15(8-10(11)2)9-12(16)13-3/h10-11,14H,4-9H2,1-3H3,(H,13,16). The van der Waals surface area contributed by atoms with E-state index in [1.807, 2.05) is 0 Å². The molecule has 94 valence electrons. The van der Waals surface area contributed by atoms with Gasteiger partial charge in [-0.2, -0.15) is 0 Å². The highest BCUT2D eigenvalue weighted by atomic mass is 16.1. The van der Waals surface area contributed by atoms with E-state index in [0.29, 0.717) is 18.5 Å². The molecule has 1 aliphatic heterocycles. The second kappa shape index (κ2) is 6.86. The molecule has 1 amide bonds. The lowest BCUT2D eigenvalue weighted by atomic mass is 9.94. The van der Waals surface area contributed by atoms with E-state index >= 15 is 0 Å². The maximum Gasteiger partial charge on any atom is 0.233 e. The van der Waals surface area contributed by atoms with Crippen LogP contribution in [0.2, 0.25) is 0 Å². The van der Waals surface area contributed by atoms with Crippen LogP contribution < -0.4 is 10.6 Å². The number of likely N-dealkylation sites (N-methyl/N-ethyl adjacent to an activating group) is 1. The van der Waals surface area contributed by atoms with Crippen LogP contribution in [0.25, 0.3) is 0 Å². The highest BCUT2D eigenvalue weighted by Gasteiger charge is 2.25. The molecule has 2 N–H and O–H groups in total. The highest BCUT2D eigenvalue weighted by Crippen LogP contribution is 2.16. The van der Waals surface area contributed by atoms with Crippen molar-refractivity contribution >= 4 is 5.91 Å². The van der Waals surface area contributed by atoms with Gasteiger partial charge in [-0.15, -0.1) is 0 Å². The SMILES string of the molecule is CCCNC1CCN(CC(=O)NC)CC1C. The van der Waals surface area contributed by atoms with E-state index in [-0.39, 0.29) is 5.91 Å². The first-order valence-electron chi connectivity index (χ1n) is 6.33. The second-order valence-electron chi connectivity index (χ2n) is 4.73. The lowest BCUT2D eigenvalue weighted by Gasteiger charge is -2.37. The van der Waals surface area contributed by atoms with E-state index in [0.717, 1.165) is 26.1 Å². The first kappa shape index (κ1) is 13.5. The van der Waals surface area contributed by atoms with Crippen molar-refractivity contribution in [1.29, 1.82) is 0 Å². The molecule has 0 aromatic heterocycles. The zero-order valence-corrected chi connectivity index (χ0v) is 10.8. The molecule has 0 aromatic carbocycles. The number of rotatable bonds is 5. The van der Waals surface area contributed by atoms with Crippen LogP contribution in [0, 0.1) is 5.92 Å². The van der Waals surface area contributed by atoms with Crippen LogP contribution >= 0.6 is 0 Å². The van der Waals surface area contributed by atoms with E-state index < -0.39 is 0 Å². The van der Waals surface area contributed by atoms with Crippen LogP contribution in [0.3, 0.4) is 0 Å². The quantitative estimate of drug-likeness (QED) is 0.716. The molecule has 1 heterocycles.